The third-order valence-corrected chi connectivity index (χ3v) is 6.63. The zero-order chi connectivity index (χ0) is 18.1. The normalized spacial score (nSPS) is 32.1. The van der Waals surface area contributed by atoms with Gasteiger partial charge < -0.3 is 5.32 Å². The molecular weight excluding hydrogens is 328 g/mol. The first-order valence-corrected chi connectivity index (χ1v) is 9.72. The maximum atomic E-state index is 12.1. The Balaban J connectivity index is 1.28. The maximum absolute atomic E-state index is 12.1. The third kappa shape index (κ3) is 3.67. The Morgan fingerprint density at radius 1 is 1.19 bits per heavy atom. The van der Waals surface area contributed by atoms with Crippen LogP contribution in [0.4, 0.5) is 5.69 Å². The summed E-state index contributed by atoms with van der Waals surface area (Å²) in [5, 5.41) is 13.8. The molecule has 0 heterocycles. The van der Waals surface area contributed by atoms with Crippen molar-refractivity contribution in [3.8, 4) is 0 Å². The second kappa shape index (κ2) is 6.86. The number of nitrogens with one attached hydrogen (secondary N) is 1. The summed E-state index contributed by atoms with van der Waals surface area (Å²) in [5.41, 5.74) is 1.18. The van der Waals surface area contributed by atoms with Gasteiger partial charge >= 0.3 is 0 Å². The van der Waals surface area contributed by atoms with Crippen LogP contribution in [0.25, 0.3) is 6.08 Å². The third-order valence-electron chi connectivity index (χ3n) is 6.63. The van der Waals surface area contributed by atoms with E-state index in [1.807, 2.05) is 0 Å². The largest absolute Gasteiger partial charge is 0.353 e. The van der Waals surface area contributed by atoms with Crippen molar-refractivity contribution in [2.24, 2.45) is 23.2 Å². The maximum Gasteiger partial charge on any atom is 0.270 e. The average molecular weight is 354 g/mol. The van der Waals surface area contributed by atoms with Gasteiger partial charge in [-0.1, -0.05) is 12.1 Å². The van der Waals surface area contributed by atoms with Gasteiger partial charge in [-0.25, -0.2) is 0 Å². The standard InChI is InChI=1S/C21H26N2O3/c24-20(5-4-15-2-1-3-19(11-15)23(25)26)22-7-6-21-12-16-8-17(13-21)10-18(9-16)14-21/h1-5,11,16-18H,6-10,12-14H2,(H,22,24)/b5-4+. The van der Waals surface area contributed by atoms with Gasteiger partial charge in [-0.2, -0.15) is 0 Å². The molecule has 5 rings (SSSR count). The molecule has 26 heavy (non-hydrogen) atoms. The van der Waals surface area contributed by atoms with E-state index in [4.69, 9.17) is 0 Å². The fourth-order valence-corrected chi connectivity index (χ4v) is 6.02. The van der Waals surface area contributed by atoms with E-state index in [-0.39, 0.29) is 11.6 Å². The lowest BCUT2D eigenvalue weighted by molar-refractivity contribution is -0.384. The molecule has 4 aliphatic rings. The van der Waals surface area contributed by atoms with Crippen molar-refractivity contribution in [2.45, 2.75) is 44.9 Å². The number of nitrogens with zero attached hydrogens (tertiary/aromatic N) is 1. The van der Waals surface area contributed by atoms with E-state index < -0.39 is 4.92 Å². The zero-order valence-corrected chi connectivity index (χ0v) is 15.0. The van der Waals surface area contributed by atoms with Crippen LogP contribution in [0.5, 0.6) is 0 Å². The van der Waals surface area contributed by atoms with Gasteiger partial charge in [-0.15, -0.1) is 0 Å². The Kier molecular flexibility index (Phi) is 4.55. The molecule has 5 heteroatoms. The first kappa shape index (κ1) is 17.3. The molecule has 0 aromatic heterocycles. The Morgan fingerprint density at radius 2 is 1.85 bits per heavy atom. The number of hydrogen-bond acceptors (Lipinski definition) is 3. The number of hydrogen-bond donors (Lipinski definition) is 1. The highest BCUT2D eigenvalue weighted by Gasteiger charge is 2.50. The van der Waals surface area contributed by atoms with Crippen molar-refractivity contribution < 1.29 is 9.72 Å². The molecule has 5 nitrogen and oxygen atoms in total. The lowest BCUT2D eigenvalue weighted by Gasteiger charge is -2.57. The van der Waals surface area contributed by atoms with E-state index >= 15 is 0 Å². The molecule has 0 saturated heterocycles. The van der Waals surface area contributed by atoms with Crippen LogP contribution in [0.3, 0.4) is 0 Å². The van der Waals surface area contributed by atoms with Crippen LogP contribution >= 0.6 is 0 Å². The second-order valence-corrected chi connectivity index (χ2v) is 8.64. The number of rotatable bonds is 6. The Labute approximate surface area is 154 Å². The predicted octanol–water partition coefficient (Wildman–Crippen LogP) is 4.33. The highest BCUT2D eigenvalue weighted by molar-refractivity contribution is 5.91. The first-order valence-electron chi connectivity index (χ1n) is 9.72. The van der Waals surface area contributed by atoms with E-state index in [1.54, 1.807) is 18.2 Å². The van der Waals surface area contributed by atoms with Gasteiger partial charge in [-0.3, -0.25) is 14.9 Å². The Morgan fingerprint density at radius 3 is 2.46 bits per heavy atom. The molecule has 4 aliphatic carbocycles. The van der Waals surface area contributed by atoms with Crippen LogP contribution in [-0.2, 0) is 4.79 Å². The molecule has 138 valence electrons. The molecule has 1 N–H and O–H groups in total. The minimum absolute atomic E-state index is 0.0365. The SMILES string of the molecule is O=C(/C=C/c1cccc([N+](=O)[O-])c1)NCCC12CC3CC(CC(C3)C1)C2. The summed E-state index contributed by atoms with van der Waals surface area (Å²) >= 11 is 0. The van der Waals surface area contributed by atoms with E-state index in [9.17, 15) is 14.9 Å². The highest BCUT2D eigenvalue weighted by atomic mass is 16.6. The van der Waals surface area contributed by atoms with Crippen molar-refractivity contribution in [2.75, 3.05) is 6.54 Å². The fourth-order valence-electron chi connectivity index (χ4n) is 6.02. The van der Waals surface area contributed by atoms with Gasteiger partial charge in [0.25, 0.3) is 5.69 Å². The summed E-state index contributed by atoms with van der Waals surface area (Å²) in [6.07, 6.45) is 12.6. The Hall–Kier alpha value is -2.17. The number of benzene rings is 1. The van der Waals surface area contributed by atoms with Gasteiger partial charge in [0.15, 0.2) is 0 Å². The minimum atomic E-state index is -0.428. The van der Waals surface area contributed by atoms with Crippen molar-refractivity contribution in [3.63, 3.8) is 0 Å². The molecule has 0 radical (unpaired) electrons. The number of carbonyl (C=O) groups is 1. The van der Waals surface area contributed by atoms with Crippen LogP contribution in [0.2, 0.25) is 0 Å². The van der Waals surface area contributed by atoms with E-state index in [1.165, 1.54) is 56.7 Å². The number of non-ortho nitro benzene ring substituents is 1. The topological polar surface area (TPSA) is 72.2 Å². The number of nitro groups is 1. The molecular formula is C21H26N2O3. The van der Waals surface area contributed by atoms with Crippen molar-refractivity contribution >= 4 is 17.7 Å². The quantitative estimate of drug-likeness (QED) is 0.469. The van der Waals surface area contributed by atoms with Crippen molar-refractivity contribution in [1.82, 2.24) is 5.32 Å². The number of nitro benzene ring substituents is 1. The molecule has 0 unspecified atom stereocenters. The molecule has 0 spiro atoms. The van der Waals surface area contributed by atoms with Gasteiger partial charge in [0.05, 0.1) is 4.92 Å². The molecule has 1 aromatic carbocycles. The average Bonchev–Trinajstić information content (AvgIpc) is 2.59. The predicted molar refractivity (Wildman–Crippen MR) is 100 cm³/mol. The summed E-state index contributed by atoms with van der Waals surface area (Å²) in [4.78, 5) is 22.5. The van der Waals surface area contributed by atoms with Crippen molar-refractivity contribution in [3.05, 3.63) is 46.0 Å². The molecule has 4 fully saturated rings. The lowest BCUT2D eigenvalue weighted by atomic mass is 9.49. The van der Waals surface area contributed by atoms with Crippen LogP contribution in [0.1, 0.15) is 50.5 Å². The monoisotopic (exact) mass is 354 g/mol. The lowest BCUT2D eigenvalue weighted by Crippen LogP contribution is -2.47. The van der Waals surface area contributed by atoms with Crippen LogP contribution < -0.4 is 5.32 Å². The molecule has 1 amide bonds. The van der Waals surface area contributed by atoms with E-state index in [0.717, 1.165) is 30.7 Å². The highest BCUT2D eigenvalue weighted by Crippen LogP contribution is 2.61. The summed E-state index contributed by atoms with van der Waals surface area (Å²) in [6, 6.07) is 6.30. The summed E-state index contributed by atoms with van der Waals surface area (Å²) < 4.78 is 0. The van der Waals surface area contributed by atoms with Crippen LogP contribution in [-0.4, -0.2) is 17.4 Å². The Bertz CT molecular complexity index is 705. The number of carbonyl (C=O) groups excluding carboxylic acids is 1. The van der Waals surface area contributed by atoms with E-state index in [2.05, 4.69) is 5.32 Å². The number of amides is 1. The molecule has 0 atom stereocenters. The summed E-state index contributed by atoms with van der Waals surface area (Å²) in [7, 11) is 0. The summed E-state index contributed by atoms with van der Waals surface area (Å²) in [6.45, 7) is 0.726. The first-order chi connectivity index (χ1) is 12.5. The molecule has 4 bridgehead atoms. The van der Waals surface area contributed by atoms with E-state index in [0.29, 0.717) is 11.0 Å². The second-order valence-electron chi connectivity index (χ2n) is 8.64. The van der Waals surface area contributed by atoms with Crippen molar-refractivity contribution in [1.29, 1.82) is 0 Å². The molecule has 0 aliphatic heterocycles. The fraction of sp³-hybridized carbons (Fsp3) is 0.571. The molecule has 4 saturated carbocycles. The minimum Gasteiger partial charge on any atom is -0.353 e. The summed E-state index contributed by atoms with van der Waals surface area (Å²) in [5.74, 6) is 2.68. The molecule has 1 aromatic rings. The van der Waals surface area contributed by atoms with Crippen LogP contribution in [0.15, 0.2) is 30.3 Å². The van der Waals surface area contributed by atoms with Gasteiger partial charge in [0, 0.05) is 24.8 Å². The van der Waals surface area contributed by atoms with Gasteiger partial charge in [0.1, 0.15) is 0 Å². The van der Waals surface area contributed by atoms with Gasteiger partial charge in [0.2, 0.25) is 5.91 Å². The zero-order valence-electron chi connectivity index (χ0n) is 15.0. The van der Waals surface area contributed by atoms with Gasteiger partial charge in [-0.05, 0) is 79.8 Å². The smallest absolute Gasteiger partial charge is 0.270 e. The van der Waals surface area contributed by atoms with Crippen LogP contribution in [0, 0.1) is 33.3 Å².